The highest BCUT2D eigenvalue weighted by Crippen LogP contribution is 2.31. The summed E-state index contributed by atoms with van der Waals surface area (Å²) in [6.07, 6.45) is 0. The average molecular weight is 329 g/mol. The fourth-order valence-electron chi connectivity index (χ4n) is 2.93. The summed E-state index contributed by atoms with van der Waals surface area (Å²) in [4.78, 5) is 0. The Morgan fingerprint density at radius 1 is 1.29 bits per heavy atom. The number of aryl methyl sites for hydroxylation is 2. The van der Waals surface area contributed by atoms with Gasteiger partial charge in [-0.3, -0.25) is 0 Å². The molecule has 1 atom stereocenters. The Morgan fingerprint density at radius 3 is 2.79 bits per heavy atom. The molecular weight excluding hydrogens is 306 g/mol. The van der Waals surface area contributed by atoms with Crippen LogP contribution in [0, 0.1) is 6.92 Å². The first-order valence-electron chi connectivity index (χ1n) is 7.91. The monoisotopic (exact) mass is 329 g/mol. The third kappa shape index (κ3) is 2.85. The van der Waals surface area contributed by atoms with E-state index in [1.807, 2.05) is 38.2 Å². The minimum absolute atomic E-state index is 0.0476. The van der Waals surface area contributed by atoms with E-state index in [-0.39, 0.29) is 6.04 Å². The first-order valence-corrected chi connectivity index (χ1v) is 7.91. The number of nitrogens with one attached hydrogen (secondary N) is 1. The molecule has 0 aliphatic heterocycles. The molecule has 1 unspecified atom stereocenters. The number of fused-ring (bicyclic) bond motifs is 1. The van der Waals surface area contributed by atoms with E-state index in [9.17, 15) is 0 Å². The third-order valence-electron chi connectivity index (χ3n) is 4.24. The molecule has 0 aliphatic carbocycles. The molecule has 0 fully saturated rings. The molecule has 0 aliphatic rings. The van der Waals surface area contributed by atoms with E-state index in [1.54, 1.807) is 18.9 Å². The van der Waals surface area contributed by atoms with E-state index in [0.717, 1.165) is 39.6 Å². The van der Waals surface area contributed by atoms with Gasteiger partial charge in [-0.15, -0.1) is 0 Å². The normalized spacial score (nSPS) is 12.5. The first-order chi connectivity index (χ1) is 11.5. The molecule has 128 valence electrons. The zero-order chi connectivity index (χ0) is 17.3. The van der Waals surface area contributed by atoms with Crippen LogP contribution in [0.5, 0.6) is 11.6 Å². The molecule has 24 heavy (non-hydrogen) atoms. The number of ether oxygens (including phenoxy) is 2. The number of hydrogen-bond acceptors (Lipinski definition) is 5. The van der Waals surface area contributed by atoms with Gasteiger partial charge in [0.15, 0.2) is 11.3 Å². The first kappa shape index (κ1) is 16.4. The molecule has 1 N–H and O–H groups in total. The maximum atomic E-state index is 5.99. The van der Waals surface area contributed by atoms with Gasteiger partial charge in [0, 0.05) is 19.0 Å². The number of aromatic nitrogens is 2. The molecule has 1 aromatic carbocycles. The molecule has 6 nitrogen and oxygen atoms in total. The summed E-state index contributed by atoms with van der Waals surface area (Å²) in [5.74, 6) is 2.39. The number of hydrogen-bond donors (Lipinski definition) is 1. The summed E-state index contributed by atoms with van der Waals surface area (Å²) in [7, 11) is 5.19. The van der Waals surface area contributed by atoms with Crippen molar-refractivity contribution in [2.45, 2.75) is 26.4 Å². The van der Waals surface area contributed by atoms with Crippen molar-refractivity contribution in [3.05, 3.63) is 41.3 Å². The Morgan fingerprint density at radius 2 is 2.08 bits per heavy atom. The number of para-hydroxylation sites is 1. The number of methoxy groups -OCH3 is 2. The molecule has 2 heterocycles. The van der Waals surface area contributed by atoms with E-state index in [4.69, 9.17) is 13.9 Å². The predicted octanol–water partition coefficient (Wildman–Crippen LogP) is 3.34. The molecular formula is C18H23N3O3. The second-order valence-electron chi connectivity index (χ2n) is 5.83. The minimum atomic E-state index is 0.0476. The van der Waals surface area contributed by atoms with Crippen LogP contribution in [0.1, 0.15) is 30.0 Å². The fraction of sp³-hybridized carbons (Fsp3) is 0.389. The third-order valence-corrected chi connectivity index (χ3v) is 4.24. The number of nitrogens with zero attached hydrogens (tertiary/aromatic N) is 2. The Kier molecular flexibility index (Phi) is 4.49. The van der Waals surface area contributed by atoms with Crippen molar-refractivity contribution >= 4 is 11.0 Å². The lowest BCUT2D eigenvalue weighted by molar-refractivity contribution is 0.365. The molecule has 6 heteroatoms. The summed E-state index contributed by atoms with van der Waals surface area (Å²) in [5, 5.41) is 8.91. The summed E-state index contributed by atoms with van der Waals surface area (Å²) >= 11 is 0. The molecule has 0 spiro atoms. The fourth-order valence-corrected chi connectivity index (χ4v) is 2.93. The second-order valence-corrected chi connectivity index (χ2v) is 5.83. The van der Waals surface area contributed by atoms with Crippen molar-refractivity contribution in [3.63, 3.8) is 0 Å². The van der Waals surface area contributed by atoms with E-state index in [0.29, 0.717) is 6.54 Å². The molecule has 0 bridgehead atoms. The summed E-state index contributed by atoms with van der Waals surface area (Å²) in [5.41, 5.74) is 2.79. The van der Waals surface area contributed by atoms with Gasteiger partial charge in [-0.25, -0.2) is 4.68 Å². The highest BCUT2D eigenvalue weighted by molar-refractivity contribution is 5.83. The molecule has 3 rings (SSSR count). The van der Waals surface area contributed by atoms with Gasteiger partial charge in [-0.1, -0.05) is 12.1 Å². The Bertz CT molecular complexity index is 851. The van der Waals surface area contributed by atoms with Crippen molar-refractivity contribution in [2.75, 3.05) is 14.2 Å². The van der Waals surface area contributed by atoms with Gasteiger partial charge in [-0.05, 0) is 26.0 Å². The van der Waals surface area contributed by atoms with Crippen molar-refractivity contribution in [3.8, 4) is 11.6 Å². The van der Waals surface area contributed by atoms with Crippen molar-refractivity contribution < 1.29 is 13.9 Å². The van der Waals surface area contributed by atoms with Crippen molar-refractivity contribution in [1.29, 1.82) is 0 Å². The maximum Gasteiger partial charge on any atom is 0.216 e. The highest BCUT2D eigenvalue weighted by atomic mass is 16.5. The van der Waals surface area contributed by atoms with Crippen LogP contribution < -0.4 is 14.8 Å². The second kappa shape index (κ2) is 6.57. The van der Waals surface area contributed by atoms with Gasteiger partial charge >= 0.3 is 0 Å². The molecule has 0 radical (unpaired) electrons. The van der Waals surface area contributed by atoms with Crippen LogP contribution in [0.3, 0.4) is 0 Å². The summed E-state index contributed by atoms with van der Waals surface area (Å²) < 4.78 is 18.5. The van der Waals surface area contributed by atoms with Crippen molar-refractivity contribution in [2.24, 2.45) is 7.05 Å². The lowest BCUT2D eigenvalue weighted by atomic mass is 10.2. The topological polar surface area (TPSA) is 61.5 Å². The number of benzene rings is 1. The Hall–Kier alpha value is -2.47. The van der Waals surface area contributed by atoms with Crippen LogP contribution in [0.25, 0.3) is 11.0 Å². The molecule has 2 aromatic heterocycles. The summed E-state index contributed by atoms with van der Waals surface area (Å²) in [6.45, 7) is 4.71. The lowest BCUT2D eigenvalue weighted by Crippen LogP contribution is -2.18. The van der Waals surface area contributed by atoms with E-state index < -0.39 is 0 Å². The van der Waals surface area contributed by atoms with E-state index in [1.165, 1.54) is 0 Å². The maximum absolute atomic E-state index is 5.99. The number of furan rings is 1. The van der Waals surface area contributed by atoms with Gasteiger partial charge in [0.2, 0.25) is 5.88 Å². The average Bonchev–Trinajstić information content (AvgIpc) is 3.12. The van der Waals surface area contributed by atoms with Crippen LogP contribution in [-0.4, -0.2) is 24.0 Å². The molecule has 0 saturated carbocycles. The summed E-state index contributed by atoms with van der Waals surface area (Å²) in [6, 6.07) is 7.97. The highest BCUT2D eigenvalue weighted by Gasteiger charge is 2.17. The van der Waals surface area contributed by atoms with Crippen LogP contribution in [0.15, 0.2) is 28.7 Å². The minimum Gasteiger partial charge on any atom is -0.493 e. The van der Waals surface area contributed by atoms with E-state index in [2.05, 4.69) is 17.3 Å². The quantitative estimate of drug-likeness (QED) is 0.751. The molecule has 0 amide bonds. The molecule has 3 aromatic rings. The van der Waals surface area contributed by atoms with Gasteiger partial charge in [0.25, 0.3) is 0 Å². The smallest absolute Gasteiger partial charge is 0.216 e. The Labute approximate surface area is 141 Å². The van der Waals surface area contributed by atoms with Crippen LogP contribution in [-0.2, 0) is 13.6 Å². The van der Waals surface area contributed by atoms with Crippen LogP contribution >= 0.6 is 0 Å². The van der Waals surface area contributed by atoms with Gasteiger partial charge < -0.3 is 19.2 Å². The SMILES string of the molecule is COc1cccc2cc(C(C)NCc3c(C)nn(C)c3OC)oc12. The standard InChI is InChI=1S/C18H23N3O3/c1-11-14(18(23-5)21(3)20-11)10-19-12(2)16-9-13-7-6-8-15(22-4)17(13)24-16/h6-9,12,19H,10H2,1-5H3. The van der Waals surface area contributed by atoms with Gasteiger partial charge in [-0.2, -0.15) is 5.10 Å². The zero-order valence-corrected chi connectivity index (χ0v) is 14.7. The van der Waals surface area contributed by atoms with Crippen molar-refractivity contribution in [1.82, 2.24) is 15.1 Å². The van der Waals surface area contributed by atoms with Crippen LogP contribution in [0.4, 0.5) is 0 Å². The predicted molar refractivity (Wildman–Crippen MR) is 92.5 cm³/mol. The zero-order valence-electron chi connectivity index (χ0n) is 14.7. The number of rotatable bonds is 6. The van der Waals surface area contributed by atoms with E-state index >= 15 is 0 Å². The Balaban J connectivity index is 1.79. The van der Waals surface area contributed by atoms with Crippen LogP contribution in [0.2, 0.25) is 0 Å². The largest absolute Gasteiger partial charge is 0.493 e. The lowest BCUT2D eigenvalue weighted by Gasteiger charge is -2.12. The van der Waals surface area contributed by atoms with Gasteiger partial charge in [0.1, 0.15) is 5.76 Å². The van der Waals surface area contributed by atoms with Gasteiger partial charge in [0.05, 0.1) is 31.5 Å². The molecule has 0 saturated heterocycles.